The van der Waals surface area contributed by atoms with E-state index in [1.54, 1.807) is 6.20 Å². The summed E-state index contributed by atoms with van der Waals surface area (Å²) in [5.41, 5.74) is 2.35. The van der Waals surface area contributed by atoms with Crippen LogP contribution in [-0.2, 0) is 16.1 Å². The van der Waals surface area contributed by atoms with Crippen LogP contribution in [0, 0.1) is 11.6 Å². The molecule has 4 heterocycles. The van der Waals surface area contributed by atoms with E-state index in [4.69, 9.17) is 19.0 Å². The van der Waals surface area contributed by atoms with Crippen molar-refractivity contribution >= 4 is 11.8 Å². The van der Waals surface area contributed by atoms with E-state index in [9.17, 15) is 13.6 Å². The Hall–Kier alpha value is -3.33. The molecule has 7 rings (SSSR count). The number of benzene rings is 1. The number of rotatable bonds is 8. The predicted octanol–water partition coefficient (Wildman–Crippen LogP) is 6.27. The van der Waals surface area contributed by atoms with Gasteiger partial charge in [-0.25, -0.2) is 18.6 Å². The molecule has 0 spiro atoms. The summed E-state index contributed by atoms with van der Waals surface area (Å²) >= 11 is 0. The number of anilines is 1. The fourth-order valence-electron chi connectivity index (χ4n) is 6.47. The summed E-state index contributed by atoms with van der Waals surface area (Å²) in [6, 6.07) is 6.37. The second-order valence-electron chi connectivity index (χ2n) is 11.3. The first kappa shape index (κ1) is 24.7. The normalized spacial score (nSPS) is 24.3. The summed E-state index contributed by atoms with van der Waals surface area (Å²) in [5.74, 6) is 0.682. The first-order chi connectivity index (χ1) is 19.0. The number of carbonyl (C=O) groups excluding carboxylic acids is 1. The highest BCUT2D eigenvalue weighted by molar-refractivity contribution is 5.89. The zero-order valence-electron chi connectivity index (χ0n) is 21.9. The van der Waals surface area contributed by atoms with E-state index in [-0.39, 0.29) is 47.9 Å². The highest BCUT2D eigenvalue weighted by Crippen LogP contribution is 2.49. The van der Waals surface area contributed by atoms with Crippen LogP contribution in [0.4, 0.5) is 14.6 Å². The number of carbonyl (C=O) groups is 1. The van der Waals surface area contributed by atoms with Crippen LogP contribution < -0.4 is 4.90 Å². The van der Waals surface area contributed by atoms with Crippen molar-refractivity contribution in [2.45, 2.75) is 88.0 Å². The lowest BCUT2D eigenvalue weighted by molar-refractivity contribution is 0.0145. The molecular weight excluding hydrogens is 504 g/mol. The molecule has 1 unspecified atom stereocenters. The predicted molar refractivity (Wildman–Crippen MR) is 138 cm³/mol. The highest BCUT2D eigenvalue weighted by Gasteiger charge is 2.44. The topological polar surface area (TPSA) is 77.7 Å². The quantitative estimate of drug-likeness (QED) is 0.315. The number of hydrogen-bond donors (Lipinski definition) is 0. The van der Waals surface area contributed by atoms with Crippen LogP contribution in [0.2, 0.25) is 0 Å². The van der Waals surface area contributed by atoms with Gasteiger partial charge in [0, 0.05) is 29.8 Å². The molecule has 3 atom stereocenters. The number of methoxy groups -OCH3 is 1. The molecule has 2 aromatic heterocycles. The highest BCUT2D eigenvalue weighted by atomic mass is 19.1. The first-order valence-corrected chi connectivity index (χ1v) is 13.9. The minimum absolute atomic E-state index is 0.0118. The van der Waals surface area contributed by atoms with Crippen molar-refractivity contribution in [3.63, 3.8) is 0 Å². The molecule has 1 aromatic carbocycles. The molecule has 2 bridgehead atoms. The van der Waals surface area contributed by atoms with Crippen LogP contribution in [0.25, 0.3) is 11.3 Å². The van der Waals surface area contributed by atoms with Gasteiger partial charge in [0.1, 0.15) is 28.9 Å². The zero-order valence-corrected chi connectivity index (χ0v) is 21.9. The summed E-state index contributed by atoms with van der Waals surface area (Å²) < 4.78 is 46.3. The summed E-state index contributed by atoms with van der Waals surface area (Å²) in [5, 5.41) is 4.10. The van der Waals surface area contributed by atoms with Crippen molar-refractivity contribution in [3.05, 3.63) is 64.5 Å². The molecule has 7 nitrogen and oxygen atoms in total. The van der Waals surface area contributed by atoms with Crippen LogP contribution in [-0.4, -0.2) is 41.4 Å². The van der Waals surface area contributed by atoms with Gasteiger partial charge in [-0.3, -0.25) is 0 Å². The molecule has 0 radical (unpaired) electrons. The second-order valence-corrected chi connectivity index (χ2v) is 11.3. The molecule has 0 amide bonds. The van der Waals surface area contributed by atoms with E-state index in [1.165, 1.54) is 25.3 Å². The number of pyridine rings is 1. The molecule has 204 valence electrons. The molecule has 2 aliphatic carbocycles. The number of fused-ring (bicyclic) bond motifs is 2. The Labute approximate surface area is 225 Å². The Balaban J connectivity index is 1.11. The van der Waals surface area contributed by atoms with Crippen LogP contribution in [0.15, 0.2) is 35.0 Å². The molecule has 2 aliphatic heterocycles. The van der Waals surface area contributed by atoms with Crippen molar-refractivity contribution in [1.82, 2.24) is 10.1 Å². The van der Waals surface area contributed by atoms with Gasteiger partial charge in [0.2, 0.25) is 0 Å². The molecule has 0 N–H and O–H groups in total. The Bertz CT molecular complexity index is 1380. The third kappa shape index (κ3) is 4.50. The Morgan fingerprint density at radius 3 is 2.38 bits per heavy atom. The number of ether oxygens (including phenoxy) is 2. The van der Waals surface area contributed by atoms with Gasteiger partial charge in [0.05, 0.1) is 30.9 Å². The van der Waals surface area contributed by atoms with Gasteiger partial charge < -0.3 is 18.9 Å². The van der Waals surface area contributed by atoms with E-state index in [2.05, 4.69) is 10.1 Å². The third-order valence-corrected chi connectivity index (χ3v) is 8.70. The molecule has 39 heavy (non-hydrogen) atoms. The number of esters is 1. The maximum atomic E-state index is 14.6. The molecule has 2 saturated carbocycles. The minimum Gasteiger partial charge on any atom is -0.465 e. The van der Waals surface area contributed by atoms with Gasteiger partial charge in [0.25, 0.3) is 0 Å². The van der Waals surface area contributed by atoms with Gasteiger partial charge in [-0.05, 0) is 81.0 Å². The number of nitrogens with zero attached hydrogens (tertiary/aromatic N) is 3. The fraction of sp³-hybridized carbons (Fsp3) is 0.500. The maximum absolute atomic E-state index is 14.6. The molecule has 2 saturated heterocycles. The molecule has 4 aliphatic rings. The van der Waals surface area contributed by atoms with Gasteiger partial charge in [-0.15, -0.1) is 0 Å². The van der Waals surface area contributed by atoms with Gasteiger partial charge in [-0.1, -0.05) is 11.2 Å². The van der Waals surface area contributed by atoms with Gasteiger partial charge in [0.15, 0.2) is 0 Å². The van der Waals surface area contributed by atoms with Crippen molar-refractivity contribution in [2.24, 2.45) is 0 Å². The number of aromatic nitrogens is 2. The number of halogens is 2. The van der Waals surface area contributed by atoms with E-state index in [0.29, 0.717) is 22.8 Å². The van der Waals surface area contributed by atoms with E-state index in [1.807, 2.05) is 6.07 Å². The minimum atomic E-state index is -0.657. The van der Waals surface area contributed by atoms with E-state index >= 15 is 0 Å². The molecule has 3 aromatic rings. The van der Waals surface area contributed by atoms with Crippen LogP contribution in [0.5, 0.6) is 0 Å². The molecule has 9 heteroatoms. The summed E-state index contributed by atoms with van der Waals surface area (Å²) in [4.78, 5) is 19.4. The Morgan fingerprint density at radius 2 is 1.74 bits per heavy atom. The third-order valence-electron chi connectivity index (χ3n) is 8.70. The van der Waals surface area contributed by atoms with Crippen molar-refractivity contribution in [3.8, 4) is 11.3 Å². The Kier molecular flexibility index (Phi) is 6.14. The average molecular weight is 536 g/mol. The summed E-state index contributed by atoms with van der Waals surface area (Å²) in [6.07, 6.45) is 9.62. The smallest absolute Gasteiger partial charge is 0.339 e. The van der Waals surface area contributed by atoms with Crippen LogP contribution in [0.3, 0.4) is 0 Å². The first-order valence-electron chi connectivity index (χ1n) is 13.9. The zero-order chi connectivity index (χ0) is 26.7. The summed E-state index contributed by atoms with van der Waals surface area (Å²) in [7, 11) is 1.39. The van der Waals surface area contributed by atoms with Gasteiger partial charge in [-0.2, -0.15) is 0 Å². The molecule has 4 fully saturated rings. The number of piperidine rings is 1. The second kappa shape index (κ2) is 9.70. The van der Waals surface area contributed by atoms with Crippen molar-refractivity contribution in [2.75, 3.05) is 12.0 Å². The fourth-order valence-corrected chi connectivity index (χ4v) is 6.47. The summed E-state index contributed by atoms with van der Waals surface area (Å²) in [6.45, 7) is 0.210. The maximum Gasteiger partial charge on any atom is 0.339 e. The molecular formula is C30H31F2N3O4. The van der Waals surface area contributed by atoms with Gasteiger partial charge >= 0.3 is 5.97 Å². The monoisotopic (exact) mass is 535 g/mol. The lowest BCUT2D eigenvalue weighted by Crippen LogP contribution is -2.46. The SMILES string of the molecule is COC(=O)c1cnc(N2[C@@H]3CC[C@H]2CC(OCc2c(-c4c(F)cccc4F)noc2C2CC2)C3)c(C2CC2)c1. The lowest BCUT2D eigenvalue weighted by atomic mass is 9.97. The number of hydrogen-bond acceptors (Lipinski definition) is 7. The average Bonchev–Trinajstić information content (AvgIpc) is 3.87. The largest absolute Gasteiger partial charge is 0.465 e. The standard InChI is InChI=1S/C30H31F2N3O4/c1-37-30(36)18-11-22(16-5-6-16)29(33-14-18)35-19-9-10-20(35)13-21(12-19)38-15-23-27(34-39-28(23)17-7-8-17)26-24(31)3-2-4-25(26)32/h2-4,11,14,16-17,19-21H,5-10,12-13,15H2,1H3/t19-,20+,21?. The van der Waals surface area contributed by atoms with Crippen molar-refractivity contribution < 1.29 is 27.6 Å². The van der Waals surface area contributed by atoms with Crippen LogP contribution >= 0.6 is 0 Å². The van der Waals surface area contributed by atoms with Crippen molar-refractivity contribution in [1.29, 1.82) is 0 Å². The lowest BCUT2D eigenvalue weighted by Gasteiger charge is -2.40. The van der Waals surface area contributed by atoms with Crippen LogP contribution in [0.1, 0.15) is 90.4 Å². The van der Waals surface area contributed by atoms with E-state index in [0.717, 1.165) is 62.7 Å². The van der Waals surface area contributed by atoms with E-state index < -0.39 is 11.6 Å². The Morgan fingerprint density at radius 1 is 1.05 bits per heavy atom.